The van der Waals surface area contributed by atoms with Crippen molar-refractivity contribution in [2.24, 2.45) is 11.6 Å². The first-order valence-electron chi connectivity index (χ1n) is 12.5. The average Bonchev–Trinajstić information content (AvgIpc) is 3.38. The van der Waals surface area contributed by atoms with Gasteiger partial charge in [-0.05, 0) is 43.8 Å². The summed E-state index contributed by atoms with van der Waals surface area (Å²) >= 11 is 6.13. The van der Waals surface area contributed by atoms with Gasteiger partial charge in [0.1, 0.15) is 17.1 Å². The maximum absolute atomic E-state index is 13.0. The minimum Gasteiger partial charge on any atom is -0.495 e. The molecular formula is C27H32ClN9O3. The first-order valence-corrected chi connectivity index (χ1v) is 12.8. The number of halogens is 1. The number of piperidine rings is 1. The second-order valence-electron chi connectivity index (χ2n) is 9.42. The smallest absolute Gasteiger partial charge is 0.274 e. The molecule has 1 saturated heterocycles. The van der Waals surface area contributed by atoms with Crippen molar-refractivity contribution in [1.29, 1.82) is 0 Å². The molecule has 1 aliphatic heterocycles. The number of likely N-dealkylation sites (N-methyl/N-ethyl adjacent to an activating group) is 1. The first kappa shape index (κ1) is 28.6. The van der Waals surface area contributed by atoms with E-state index in [0.717, 1.165) is 0 Å². The van der Waals surface area contributed by atoms with E-state index in [9.17, 15) is 9.59 Å². The number of likely N-dealkylation sites (tertiary alicyclic amines) is 1. The number of methoxy groups -OCH3 is 1. The standard InChI is InChI=1S/C27H32ClN9O3/c1-4-25(38)32-17-11-18(14-36(2)13-17)37(30)15-20(29)16-8-9-21(24(10-16)40-3)34-27(39)23-7-5-6-22(33-23)26-19(28)12-31-35-26/h4-10,12,15,17-18H,1,11,13-14,29-30H2,2-3H3,(H,31,35)(H,32,38)(H,34,39)/b20-15-. The highest BCUT2D eigenvalue weighted by molar-refractivity contribution is 6.32. The third kappa shape index (κ3) is 6.78. The first-order chi connectivity index (χ1) is 19.2. The molecule has 3 aromatic rings. The zero-order valence-electron chi connectivity index (χ0n) is 22.2. The molecular weight excluding hydrogens is 534 g/mol. The fourth-order valence-corrected chi connectivity index (χ4v) is 4.71. The number of aromatic amines is 1. The van der Waals surface area contributed by atoms with E-state index >= 15 is 0 Å². The fourth-order valence-electron chi connectivity index (χ4n) is 4.52. The van der Waals surface area contributed by atoms with E-state index in [1.165, 1.54) is 19.4 Å². The summed E-state index contributed by atoms with van der Waals surface area (Å²) in [5, 5.41) is 14.4. The van der Waals surface area contributed by atoms with Gasteiger partial charge in [0.25, 0.3) is 5.91 Å². The number of amides is 2. The van der Waals surface area contributed by atoms with Gasteiger partial charge in [-0.25, -0.2) is 10.8 Å². The molecule has 7 N–H and O–H groups in total. The summed E-state index contributed by atoms with van der Waals surface area (Å²) < 4.78 is 5.52. The van der Waals surface area contributed by atoms with Gasteiger partial charge in [0.2, 0.25) is 5.91 Å². The van der Waals surface area contributed by atoms with Crippen LogP contribution in [0, 0.1) is 0 Å². The Hall–Kier alpha value is -4.39. The number of hydrogen-bond donors (Lipinski definition) is 5. The van der Waals surface area contributed by atoms with Crippen LogP contribution in [0.4, 0.5) is 5.69 Å². The normalized spacial score (nSPS) is 17.6. The van der Waals surface area contributed by atoms with Crippen LogP contribution in [0.2, 0.25) is 5.02 Å². The van der Waals surface area contributed by atoms with Crippen LogP contribution in [0.5, 0.6) is 5.75 Å². The fraction of sp³-hybridized carbons (Fsp3) is 0.259. The number of carbonyl (C=O) groups excluding carboxylic acids is 2. The molecule has 2 atom stereocenters. The van der Waals surface area contributed by atoms with E-state index in [2.05, 4.69) is 37.3 Å². The van der Waals surface area contributed by atoms with Crippen LogP contribution in [0.15, 0.2) is 61.4 Å². The topological polar surface area (TPSA) is 168 Å². The molecule has 0 saturated carbocycles. The number of nitrogens with one attached hydrogen (secondary N) is 3. The van der Waals surface area contributed by atoms with Crippen LogP contribution in [-0.4, -0.2) is 76.2 Å². The zero-order valence-corrected chi connectivity index (χ0v) is 23.0. The summed E-state index contributed by atoms with van der Waals surface area (Å²) in [6.45, 7) is 4.93. The molecule has 1 fully saturated rings. The quantitative estimate of drug-likeness (QED) is 0.148. The lowest BCUT2D eigenvalue weighted by atomic mass is 10.0. The Kier molecular flexibility index (Phi) is 9.04. The van der Waals surface area contributed by atoms with E-state index in [0.29, 0.717) is 58.6 Å². The van der Waals surface area contributed by atoms with Crippen molar-refractivity contribution in [3.8, 4) is 17.1 Å². The number of rotatable bonds is 9. The minimum atomic E-state index is -0.431. The molecule has 2 amide bonds. The summed E-state index contributed by atoms with van der Waals surface area (Å²) in [5.41, 5.74) is 9.08. The number of hydrogen-bond acceptors (Lipinski definition) is 9. The van der Waals surface area contributed by atoms with Crippen LogP contribution >= 0.6 is 11.6 Å². The van der Waals surface area contributed by atoms with Gasteiger partial charge in [-0.2, -0.15) is 5.10 Å². The van der Waals surface area contributed by atoms with Crippen LogP contribution in [0.3, 0.4) is 0 Å². The monoisotopic (exact) mass is 565 g/mol. The van der Waals surface area contributed by atoms with Gasteiger partial charge in [-0.15, -0.1) is 0 Å². The van der Waals surface area contributed by atoms with E-state index in [-0.39, 0.29) is 23.7 Å². The second kappa shape index (κ2) is 12.6. The molecule has 13 heteroatoms. The van der Waals surface area contributed by atoms with Gasteiger partial charge in [0, 0.05) is 30.9 Å². The number of aromatic nitrogens is 3. The minimum absolute atomic E-state index is 0.0652. The Morgan fingerprint density at radius 2 is 2.10 bits per heavy atom. The molecule has 3 heterocycles. The lowest BCUT2D eigenvalue weighted by Crippen LogP contribution is -2.56. The van der Waals surface area contributed by atoms with Crippen molar-refractivity contribution in [2.75, 3.05) is 32.6 Å². The number of H-pyrrole nitrogens is 1. The van der Waals surface area contributed by atoms with Crippen molar-refractivity contribution < 1.29 is 14.3 Å². The van der Waals surface area contributed by atoms with Gasteiger partial charge in [0.15, 0.2) is 0 Å². The van der Waals surface area contributed by atoms with Gasteiger partial charge in [-0.3, -0.25) is 14.7 Å². The van der Waals surface area contributed by atoms with E-state index < -0.39 is 5.91 Å². The molecule has 2 unspecified atom stereocenters. The molecule has 0 bridgehead atoms. The Morgan fingerprint density at radius 3 is 2.80 bits per heavy atom. The Labute approximate surface area is 237 Å². The molecule has 0 aliphatic carbocycles. The molecule has 1 aromatic carbocycles. The van der Waals surface area contributed by atoms with E-state index in [1.807, 2.05) is 7.05 Å². The highest BCUT2D eigenvalue weighted by Crippen LogP contribution is 2.29. The van der Waals surface area contributed by atoms with Crippen molar-refractivity contribution in [3.63, 3.8) is 0 Å². The number of hydrazine groups is 1. The Bertz CT molecular complexity index is 1420. The summed E-state index contributed by atoms with van der Waals surface area (Å²) in [6, 6.07) is 10.0. The van der Waals surface area contributed by atoms with Gasteiger partial charge in [-0.1, -0.05) is 30.3 Å². The number of benzene rings is 1. The predicted octanol–water partition coefficient (Wildman–Crippen LogP) is 2.19. The number of pyridine rings is 1. The van der Waals surface area contributed by atoms with Crippen molar-refractivity contribution in [3.05, 3.63) is 77.7 Å². The van der Waals surface area contributed by atoms with E-state index in [1.54, 1.807) is 47.6 Å². The number of nitrogens with zero attached hydrogens (tertiary/aromatic N) is 4. The molecule has 0 spiro atoms. The lowest BCUT2D eigenvalue weighted by molar-refractivity contribution is -0.117. The number of ether oxygens (including phenoxy) is 1. The van der Waals surface area contributed by atoms with Crippen molar-refractivity contribution in [1.82, 2.24) is 30.4 Å². The second-order valence-corrected chi connectivity index (χ2v) is 9.83. The molecule has 2 aromatic heterocycles. The summed E-state index contributed by atoms with van der Waals surface area (Å²) in [6.07, 6.45) is 5.03. The largest absolute Gasteiger partial charge is 0.495 e. The number of nitrogens with two attached hydrogens (primary N) is 2. The molecule has 12 nitrogen and oxygen atoms in total. The predicted molar refractivity (Wildman–Crippen MR) is 154 cm³/mol. The SMILES string of the molecule is C=CC(=O)NC1CC(N(N)/C=C(\N)c2ccc(NC(=O)c3cccc(-c4[nH]ncc4Cl)n3)c(OC)c2)CN(C)C1. The zero-order chi connectivity index (χ0) is 28.8. The highest BCUT2D eigenvalue weighted by Gasteiger charge is 2.28. The lowest BCUT2D eigenvalue weighted by Gasteiger charge is -2.39. The van der Waals surface area contributed by atoms with Gasteiger partial charge in [0.05, 0.1) is 41.4 Å². The number of anilines is 1. The van der Waals surface area contributed by atoms with Crippen molar-refractivity contribution in [2.45, 2.75) is 18.5 Å². The molecule has 40 heavy (non-hydrogen) atoms. The molecule has 4 rings (SSSR count). The summed E-state index contributed by atoms with van der Waals surface area (Å²) in [4.78, 5) is 31.2. The average molecular weight is 566 g/mol. The maximum Gasteiger partial charge on any atom is 0.274 e. The third-order valence-corrected chi connectivity index (χ3v) is 6.75. The van der Waals surface area contributed by atoms with E-state index in [4.69, 9.17) is 27.9 Å². The number of carbonyl (C=O) groups is 2. The van der Waals surface area contributed by atoms with Gasteiger partial charge < -0.3 is 31.0 Å². The summed E-state index contributed by atoms with van der Waals surface area (Å²) in [7, 11) is 3.47. The Balaban J connectivity index is 1.47. The highest BCUT2D eigenvalue weighted by atomic mass is 35.5. The van der Waals surface area contributed by atoms with Crippen LogP contribution < -0.4 is 26.9 Å². The molecule has 210 valence electrons. The van der Waals surface area contributed by atoms with Crippen LogP contribution in [0.1, 0.15) is 22.5 Å². The maximum atomic E-state index is 13.0. The van der Waals surface area contributed by atoms with Crippen molar-refractivity contribution >= 4 is 34.8 Å². The summed E-state index contributed by atoms with van der Waals surface area (Å²) in [5.74, 6) is 6.12. The third-order valence-electron chi connectivity index (χ3n) is 6.47. The molecule has 1 aliphatic rings. The van der Waals surface area contributed by atoms with Gasteiger partial charge >= 0.3 is 0 Å². The molecule has 0 radical (unpaired) electrons. The Morgan fingerprint density at radius 1 is 1.30 bits per heavy atom. The van der Waals surface area contributed by atoms with Crippen LogP contribution in [0.25, 0.3) is 17.1 Å². The van der Waals surface area contributed by atoms with Crippen LogP contribution in [-0.2, 0) is 4.79 Å².